The number of methoxy groups -OCH3 is 1. The third-order valence-corrected chi connectivity index (χ3v) is 8.20. The summed E-state index contributed by atoms with van der Waals surface area (Å²) in [5.41, 5.74) is 1.81. The number of benzene rings is 3. The Hall–Kier alpha value is -2.46. The Labute approximate surface area is 179 Å². The van der Waals surface area contributed by atoms with Crippen LogP contribution in [-0.2, 0) is 0 Å². The predicted molar refractivity (Wildman–Crippen MR) is 118 cm³/mol. The molecule has 1 amide bonds. The molecule has 2 heterocycles. The Balaban J connectivity index is 1.62. The van der Waals surface area contributed by atoms with Gasteiger partial charge in [-0.15, -0.1) is 0 Å². The van der Waals surface area contributed by atoms with Crippen LogP contribution in [0.3, 0.4) is 0 Å². The zero-order valence-electron chi connectivity index (χ0n) is 15.7. The fourth-order valence-electron chi connectivity index (χ4n) is 4.13. The Kier molecular flexibility index (Phi) is 4.54. The van der Waals surface area contributed by atoms with Crippen molar-refractivity contribution < 1.29 is 14.6 Å². The molecule has 0 saturated carbocycles. The molecule has 4 aromatic rings. The number of halogens is 1. The molecule has 3 aromatic carbocycles. The van der Waals surface area contributed by atoms with Gasteiger partial charge < -0.3 is 0 Å². The molecule has 146 valence electrons. The number of nitrogens with zero attached hydrogens (tertiary/aromatic N) is 1. The maximum atomic E-state index is 13.5. The molecule has 0 bridgehead atoms. The zero-order valence-corrected chi connectivity index (χ0v) is 18.2. The summed E-state index contributed by atoms with van der Waals surface area (Å²) in [6.45, 7) is 0.526. The van der Waals surface area contributed by atoms with Crippen LogP contribution in [0.15, 0.2) is 54.6 Å². The Bertz CT molecular complexity index is 1270. The minimum absolute atomic E-state index is 0.0104. The number of aromatic hydroxyl groups is 1. The first-order valence-corrected chi connectivity index (χ1v) is 11.6. The molecule has 0 saturated heterocycles. The third-order valence-electron chi connectivity index (χ3n) is 5.51. The summed E-state index contributed by atoms with van der Waals surface area (Å²) in [4.78, 5) is 15.2. The predicted octanol–water partition coefficient (Wildman–Crippen LogP) is 4.75. The van der Waals surface area contributed by atoms with Crippen molar-refractivity contribution in [2.75, 3.05) is 24.4 Å². The van der Waals surface area contributed by atoms with Gasteiger partial charge in [0.05, 0.1) is 0 Å². The summed E-state index contributed by atoms with van der Waals surface area (Å²) >= 11 is 6.23. The number of ether oxygens (including phenoxy) is 1. The topological polar surface area (TPSA) is 49.8 Å². The van der Waals surface area contributed by atoms with Crippen LogP contribution < -0.4 is 9.64 Å². The molecule has 1 aromatic heterocycles. The van der Waals surface area contributed by atoms with Gasteiger partial charge in [-0.2, -0.15) is 0 Å². The molecule has 0 aliphatic carbocycles. The quantitative estimate of drug-likeness (QED) is 0.347. The average Bonchev–Trinajstić information content (AvgIpc) is 3.34. The van der Waals surface area contributed by atoms with Crippen molar-refractivity contribution in [1.82, 2.24) is 0 Å². The van der Waals surface area contributed by atoms with Crippen LogP contribution in [0, 0.1) is 0 Å². The van der Waals surface area contributed by atoms with E-state index in [1.54, 1.807) is 18.1 Å². The molecule has 5 rings (SSSR count). The summed E-state index contributed by atoms with van der Waals surface area (Å²) in [5, 5.41) is 13.4. The van der Waals surface area contributed by atoms with E-state index in [9.17, 15) is 9.90 Å². The summed E-state index contributed by atoms with van der Waals surface area (Å²) in [6.07, 6.45) is 0. The van der Waals surface area contributed by atoms with Crippen LogP contribution >= 0.6 is 11.6 Å². The molecule has 1 atom stereocenters. The van der Waals surface area contributed by atoms with E-state index >= 15 is 0 Å². The van der Waals surface area contributed by atoms with Crippen molar-refractivity contribution in [1.29, 1.82) is 0 Å². The molecular weight excluding hydrogens is 453 g/mol. The van der Waals surface area contributed by atoms with Crippen LogP contribution in [-0.4, -0.2) is 45.1 Å². The molecule has 6 heteroatoms. The van der Waals surface area contributed by atoms with E-state index in [-0.39, 0.29) is 32.1 Å². The van der Waals surface area contributed by atoms with Gasteiger partial charge in [0, 0.05) is 0 Å². The number of hydrogen-bond donors (Lipinski definition) is 1. The van der Waals surface area contributed by atoms with Crippen LogP contribution in [0.25, 0.3) is 20.4 Å². The SMILES string of the molecule is COc1ccc2[se]c(C(=O)N3C[C@@H](CCl)c4c3cc(O)c3ccccc43)cc2c1. The normalized spacial score (nSPS) is 15.8. The van der Waals surface area contributed by atoms with Gasteiger partial charge in [0.1, 0.15) is 0 Å². The molecule has 1 aliphatic heterocycles. The van der Waals surface area contributed by atoms with E-state index in [1.165, 1.54) is 4.26 Å². The minimum atomic E-state index is -0.0587. The summed E-state index contributed by atoms with van der Waals surface area (Å²) in [6, 6.07) is 17.3. The van der Waals surface area contributed by atoms with Gasteiger partial charge in [0.25, 0.3) is 0 Å². The fraction of sp³-hybridized carbons (Fsp3) is 0.174. The summed E-state index contributed by atoms with van der Waals surface area (Å²) < 4.78 is 7.28. The van der Waals surface area contributed by atoms with Crippen LogP contribution in [0.5, 0.6) is 11.5 Å². The number of anilines is 1. The van der Waals surface area contributed by atoms with Gasteiger partial charge in [-0.1, -0.05) is 0 Å². The first-order valence-electron chi connectivity index (χ1n) is 9.30. The van der Waals surface area contributed by atoms with Gasteiger partial charge in [-0.25, -0.2) is 0 Å². The number of phenolic OH excluding ortho intramolecular Hbond substituents is 1. The first kappa shape index (κ1) is 18.6. The van der Waals surface area contributed by atoms with Crippen molar-refractivity contribution in [3.8, 4) is 11.5 Å². The van der Waals surface area contributed by atoms with Crippen molar-refractivity contribution in [3.63, 3.8) is 0 Å². The third kappa shape index (κ3) is 2.93. The van der Waals surface area contributed by atoms with Crippen LogP contribution in [0.4, 0.5) is 5.69 Å². The van der Waals surface area contributed by atoms with Crippen molar-refractivity contribution in [3.05, 3.63) is 64.6 Å². The van der Waals surface area contributed by atoms with E-state index in [2.05, 4.69) is 0 Å². The number of alkyl halides is 1. The number of carbonyl (C=O) groups excluding carboxylic acids is 1. The van der Waals surface area contributed by atoms with Gasteiger partial charge in [0.2, 0.25) is 0 Å². The molecule has 0 spiro atoms. The number of amides is 1. The Morgan fingerprint density at radius 3 is 2.76 bits per heavy atom. The van der Waals surface area contributed by atoms with E-state index in [1.807, 2.05) is 48.5 Å². The molecule has 0 radical (unpaired) electrons. The molecule has 1 N–H and O–H groups in total. The first-order chi connectivity index (χ1) is 14.1. The molecule has 0 unspecified atom stereocenters. The molecule has 0 fully saturated rings. The van der Waals surface area contributed by atoms with E-state index in [4.69, 9.17) is 16.3 Å². The van der Waals surface area contributed by atoms with E-state index in [0.29, 0.717) is 12.4 Å². The number of rotatable bonds is 3. The number of carbonyl (C=O) groups is 1. The van der Waals surface area contributed by atoms with Crippen LogP contribution in [0.2, 0.25) is 0 Å². The van der Waals surface area contributed by atoms with Gasteiger partial charge in [-0.3, -0.25) is 0 Å². The molecular formula is C23H18ClNO3Se. The number of fused-ring (bicyclic) bond motifs is 4. The second-order valence-electron chi connectivity index (χ2n) is 7.16. The Morgan fingerprint density at radius 2 is 2.00 bits per heavy atom. The number of phenols is 1. The second-order valence-corrected chi connectivity index (χ2v) is 9.74. The standard InChI is InChI=1S/C23H18ClNO3Se/c1-28-15-6-7-20-13(8-15)9-21(29-20)23(27)25-12-14(11-24)22-17-5-3-2-4-16(17)19(26)10-18(22)25/h2-10,14,26H,11-12H2,1H3/t14-/m1/s1. The van der Waals surface area contributed by atoms with Crippen molar-refractivity contribution in [2.45, 2.75) is 5.92 Å². The van der Waals surface area contributed by atoms with E-state index in [0.717, 1.165) is 37.6 Å². The Morgan fingerprint density at radius 1 is 1.21 bits per heavy atom. The average molecular weight is 471 g/mol. The monoisotopic (exact) mass is 471 g/mol. The van der Waals surface area contributed by atoms with Gasteiger partial charge in [0.15, 0.2) is 0 Å². The van der Waals surface area contributed by atoms with Gasteiger partial charge >= 0.3 is 179 Å². The number of hydrogen-bond acceptors (Lipinski definition) is 3. The molecule has 4 nitrogen and oxygen atoms in total. The summed E-state index contributed by atoms with van der Waals surface area (Å²) in [5.74, 6) is 1.43. The summed E-state index contributed by atoms with van der Waals surface area (Å²) in [7, 11) is 1.64. The van der Waals surface area contributed by atoms with Gasteiger partial charge in [-0.05, 0) is 0 Å². The fourth-order valence-corrected chi connectivity index (χ4v) is 6.47. The van der Waals surface area contributed by atoms with Crippen molar-refractivity contribution >= 4 is 58.1 Å². The van der Waals surface area contributed by atoms with Crippen molar-refractivity contribution in [2.24, 2.45) is 0 Å². The van der Waals surface area contributed by atoms with Crippen LogP contribution in [0.1, 0.15) is 20.7 Å². The van der Waals surface area contributed by atoms with E-state index < -0.39 is 0 Å². The molecule has 1 aliphatic rings. The maximum absolute atomic E-state index is 13.5. The second kappa shape index (κ2) is 7.10. The molecule has 29 heavy (non-hydrogen) atoms. The zero-order chi connectivity index (χ0) is 20.1.